The number of aliphatic hydroxyl groups excluding tert-OH is 1. The van der Waals surface area contributed by atoms with Crippen LogP contribution >= 0.6 is 0 Å². The van der Waals surface area contributed by atoms with E-state index >= 15 is 0 Å². The molecule has 0 amide bonds. The van der Waals surface area contributed by atoms with Crippen LogP contribution in [0.15, 0.2) is 48.2 Å². The summed E-state index contributed by atoms with van der Waals surface area (Å²) in [7, 11) is 3.33. The van der Waals surface area contributed by atoms with Crippen molar-refractivity contribution in [1.29, 1.82) is 0 Å². The zero-order valence-corrected chi connectivity index (χ0v) is 20.4. The van der Waals surface area contributed by atoms with Crippen LogP contribution in [-0.2, 0) is 24.9 Å². The van der Waals surface area contributed by atoms with Crippen LogP contribution in [0.1, 0.15) is 25.0 Å². The minimum absolute atomic E-state index is 0. The van der Waals surface area contributed by atoms with Crippen molar-refractivity contribution in [3.8, 4) is 22.8 Å². The van der Waals surface area contributed by atoms with Crippen LogP contribution in [0.2, 0.25) is 0 Å². The van der Waals surface area contributed by atoms with Gasteiger partial charge in [0.2, 0.25) is 0 Å². The molecule has 5 nitrogen and oxygen atoms in total. The van der Waals surface area contributed by atoms with E-state index in [9.17, 15) is 4.79 Å². The van der Waals surface area contributed by atoms with Gasteiger partial charge in [-0.05, 0) is 44.0 Å². The number of ketones is 1. The third kappa shape index (κ3) is 6.97. The number of hydrogen-bond acceptors (Lipinski definition) is 5. The summed E-state index contributed by atoms with van der Waals surface area (Å²) < 4.78 is 10.6. The molecule has 0 saturated heterocycles. The van der Waals surface area contributed by atoms with E-state index in [1.165, 1.54) is 19.9 Å². The molecule has 0 spiro atoms. The van der Waals surface area contributed by atoms with Crippen molar-refractivity contribution >= 4 is 16.7 Å². The summed E-state index contributed by atoms with van der Waals surface area (Å²) in [6.07, 6.45) is 1.17. The van der Waals surface area contributed by atoms with Crippen molar-refractivity contribution in [3.05, 3.63) is 65.4 Å². The minimum Gasteiger partial charge on any atom is -0.516 e. The molecule has 3 rings (SSSR count). The Hall–Kier alpha value is -2.69. The third-order valence-electron chi connectivity index (χ3n) is 4.10. The van der Waals surface area contributed by atoms with Crippen LogP contribution in [0.3, 0.4) is 0 Å². The molecule has 1 radical (unpaired) electrons. The van der Waals surface area contributed by atoms with Gasteiger partial charge >= 0.3 is 0 Å². The number of ether oxygens (including phenoxy) is 2. The molecule has 1 heterocycles. The minimum atomic E-state index is -0.125. The Bertz CT molecular complexity index is 1060. The van der Waals surface area contributed by atoms with Crippen LogP contribution in [-0.4, -0.2) is 30.1 Å². The van der Waals surface area contributed by atoms with Gasteiger partial charge in [-0.3, -0.25) is 9.78 Å². The fourth-order valence-electron chi connectivity index (χ4n) is 2.87. The van der Waals surface area contributed by atoms with Crippen molar-refractivity contribution in [2.24, 2.45) is 0 Å². The zero-order valence-electron chi connectivity index (χ0n) is 18.0. The van der Waals surface area contributed by atoms with Gasteiger partial charge in [-0.2, -0.15) is 0 Å². The van der Waals surface area contributed by atoms with Gasteiger partial charge in [0.1, 0.15) is 5.75 Å². The number of rotatable bonds is 4. The first-order chi connectivity index (χ1) is 13.7. The number of pyridine rings is 1. The SMILES string of the molecule is CC(=O)/C=C(/C)O.COc1cc(C)[c-]c(-c2nc3cc(OC)ccc3cc2C)c1.[Ir]. The summed E-state index contributed by atoms with van der Waals surface area (Å²) in [5.41, 5.74) is 4.92. The van der Waals surface area contributed by atoms with Crippen molar-refractivity contribution in [2.45, 2.75) is 27.7 Å². The first-order valence-corrected chi connectivity index (χ1v) is 9.15. The van der Waals surface area contributed by atoms with Gasteiger partial charge < -0.3 is 14.6 Å². The van der Waals surface area contributed by atoms with E-state index in [4.69, 9.17) is 19.6 Å². The predicted molar refractivity (Wildman–Crippen MR) is 116 cm³/mol. The Morgan fingerprint density at radius 1 is 1.03 bits per heavy atom. The number of fused-ring (bicyclic) bond motifs is 1. The van der Waals surface area contributed by atoms with E-state index in [1.54, 1.807) is 14.2 Å². The van der Waals surface area contributed by atoms with Gasteiger partial charge in [0.05, 0.1) is 25.5 Å². The zero-order chi connectivity index (χ0) is 21.6. The molecule has 161 valence electrons. The Kier molecular flexibility index (Phi) is 9.70. The van der Waals surface area contributed by atoms with Crippen molar-refractivity contribution in [1.82, 2.24) is 4.98 Å². The summed E-state index contributed by atoms with van der Waals surface area (Å²) >= 11 is 0. The summed E-state index contributed by atoms with van der Waals surface area (Å²) in [6, 6.07) is 15.4. The molecule has 6 heteroatoms. The molecular formula is C24H26IrNO4-. The summed E-state index contributed by atoms with van der Waals surface area (Å²) in [6.45, 7) is 6.92. The van der Waals surface area contributed by atoms with Gasteiger partial charge in [0.15, 0.2) is 5.78 Å². The molecule has 1 N–H and O–H groups in total. The van der Waals surface area contributed by atoms with E-state index in [1.807, 2.05) is 37.3 Å². The standard InChI is InChI=1S/C19H18NO2.C5H8O2.Ir/c1-12-7-15(10-17(8-12)22-4)19-13(2)9-14-5-6-16(21-3)11-18(14)20-19;1-4(6)3-5(2)7;/h5-6,8-11H,1-4H3;3,6H,1-2H3;/q-1;;/b;4-3-;. The van der Waals surface area contributed by atoms with Crippen LogP contribution < -0.4 is 9.47 Å². The largest absolute Gasteiger partial charge is 0.516 e. The van der Waals surface area contributed by atoms with Crippen molar-refractivity contribution in [2.75, 3.05) is 14.2 Å². The summed E-state index contributed by atoms with van der Waals surface area (Å²) in [5.74, 6) is 1.56. The predicted octanol–water partition coefficient (Wildman–Crippen LogP) is 5.37. The maximum atomic E-state index is 10.0. The Balaban J connectivity index is 0.000000489. The molecule has 0 unspecified atom stereocenters. The number of aromatic nitrogens is 1. The second kappa shape index (κ2) is 11.5. The van der Waals surface area contributed by atoms with Gasteiger partial charge in [-0.15, -0.1) is 23.3 Å². The van der Waals surface area contributed by atoms with Gasteiger partial charge in [0, 0.05) is 38.0 Å². The second-order valence-corrected chi connectivity index (χ2v) is 6.73. The number of carbonyl (C=O) groups is 1. The number of carbonyl (C=O) groups excluding carboxylic acids is 1. The first-order valence-electron chi connectivity index (χ1n) is 9.15. The van der Waals surface area contributed by atoms with E-state index in [0.717, 1.165) is 44.8 Å². The van der Waals surface area contributed by atoms with E-state index < -0.39 is 0 Å². The number of hydrogen-bond donors (Lipinski definition) is 1. The maximum absolute atomic E-state index is 10.0. The van der Waals surface area contributed by atoms with Gasteiger partial charge in [-0.25, -0.2) is 0 Å². The number of aryl methyl sites for hydroxylation is 2. The molecule has 0 aliphatic heterocycles. The average molecular weight is 585 g/mol. The molecule has 3 aromatic rings. The molecule has 0 bridgehead atoms. The third-order valence-corrected chi connectivity index (χ3v) is 4.10. The molecular weight excluding hydrogens is 558 g/mol. The molecule has 0 fully saturated rings. The van der Waals surface area contributed by atoms with E-state index in [0.29, 0.717) is 0 Å². The number of nitrogens with zero attached hydrogens (tertiary/aromatic N) is 1. The molecule has 1 aromatic heterocycles. The molecule has 2 aromatic carbocycles. The maximum Gasteiger partial charge on any atom is 0.155 e. The fourth-order valence-corrected chi connectivity index (χ4v) is 2.87. The van der Waals surface area contributed by atoms with Crippen molar-refractivity contribution in [3.63, 3.8) is 0 Å². The molecule has 0 atom stereocenters. The van der Waals surface area contributed by atoms with Crippen LogP contribution in [0.25, 0.3) is 22.2 Å². The van der Waals surface area contributed by atoms with E-state index in [2.05, 4.69) is 19.1 Å². The average Bonchev–Trinajstić information content (AvgIpc) is 2.66. The normalized spacial score (nSPS) is 10.5. The molecule has 30 heavy (non-hydrogen) atoms. The van der Waals surface area contributed by atoms with Crippen LogP contribution in [0.5, 0.6) is 11.5 Å². The quantitative estimate of drug-likeness (QED) is 0.254. The fraction of sp³-hybridized carbons (Fsp3) is 0.250. The molecule has 0 aliphatic carbocycles. The monoisotopic (exact) mass is 585 g/mol. The van der Waals surface area contributed by atoms with E-state index in [-0.39, 0.29) is 31.6 Å². The Morgan fingerprint density at radius 2 is 1.70 bits per heavy atom. The number of aliphatic hydroxyl groups is 1. The topological polar surface area (TPSA) is 68.7 Å². The van der Waals surface area contributed by atoms with Gasteiger partial charge in [0.25, 0.3) is 0 Å². The summed E-state index contributed by atoms with van der Waals surface area (Å²) in [4.78, 5) is 14.8. The number of allylic oxidation sites excluding steroid dienone is 2. The van der Waals surface area contributed by atoms with Gasteiger partial charge in [-0.1, -0.05) is 24.6 Å². The molecule has 0 saturated carbocycles. The van der Waals surface area contributed by atoms with Crippen LogP contribution in [0, 0.1) is 19.9 Å². The summed E-state index contributed by atoms with van der Waals surface area (Å²) in [5, 5.41) is 9.46. The Morgan fingerprint density at radius 3 is 2.23 bits per heavy atom. The number of methoxy groups -OCH3 is 2. The molecule has 0 aliphatic rings. The van der Waals surface area contributed by atoms with Crippen molar-refractivity contribution < 1.29 is 39.5 Å². The smallest absolute Gasteiger partial charge is 0.155 e. The second-order valence-electron chi connectivity index (χ2n) is 6.73. The first kappa shape index (κ1) is 25.3. The Labute approximate surface area is 191 Å². The number of benzene rings is 2. The van der Waals surface area contributed by atoms with Crippen LogP contribution in [0.4, 0.5) is 0 Å².